The van der Waals surface area contributed by atoms with Crippen molar-refractivity contribution in [2.75, 3.05) is 39.9 Å². The maximum absolute atomic E-state index is 6.03. The molecule has 5 nitrogen and oxygen atoms in total. The van der Waals surface area contributed by atoms with Gasteiger partial charge in [0, 0.05) is 26.2 Å². The summed E-state index contributed by atoms with van der Waals surface area (Å²) in [5.41, 5.74) is 6.03. The molecule has 144 valence electrons. The van der Waals surface area contributed by atoms with Crippen molar-refractivity contribution in [2.24, 2.45) is 22.6 Å². The molecule has 24 heavy (non-hydrogen) atoms. The zero-order valence-corrected chi connectivity index (χ0v) is 18.4. The van der Waals surface area contributed by atoms with Crippen LogP contribution in [0.1, 0.15) is 52.9 Å². The van der Waals surface area contributed by atoms with E-state index in [1.165, 1.54) is 25.7 Å². The van der Waals surface area contributed by atoms with Crippen molar-refractivity contribution in [2.45, 2.75) is 58.9 Å². The fourth-order valence-electron chi connectivity index (χ4n) is 3.04. The summed E-state index contributed by atoms with van der Waals surface area (Å²) < 4.78 is 5.14. The SMILES string of the molecule is COCCN1CCC(CN=C(N)NC(C)CCCC(C)C)CC1.I. The molecule has 0 aromatic heterocycles. The highest BCUT2D eigenvalue weighted by atomic mass is 127. The van der Waals surface area contributed by atoms with Crippen LogP contribution in [-0.4, -0.2) is 56.8 Å². The number of hydrogen-bond acceptors (Lipinski definition) is 3. The maximum Gasteiger partial charge on any atom is 0.188 e. The number of nitrogens with two attached hydrogens (primary N) is 1. The van der Waals surface area contributed by atoms with Crippen LogP contribution in [0.3, 0.4) is 0 Å². The number of rotatable bonds is 10. The molecular weight excluding hydrogens is 415 g/mol. The van der Waals surface area contributed by atoms with Crippen LogP contribution in [0.4, 0.5) is 0 Å². The highest BCUT2D eigenvalue weighted by molar-refractivity contribution is 14.0. The second kappa shape index (κ2) is 14.1. The summed E-state index contributed by atoms with van der Waals surface area (Å²) in [6.45, 7) is 11.8. The summed E-state index contributed by atoms with van der Waals surface area (Å²) in [7, 11) is 1.76. The molecule has 0 aromatic carbocycles. The third-order valence-electron chi connectivity index (χ3n) is 4.65. The van der Waals surface area contributed by atoms with Gasteiger partial charge in [0.15, 0.2) is 5.96 Å². The van der Waals surface area contributed by atoms with Gasteiger partial charge in [0.05, 0.1) is 6.61 Å². The molecule has 1 unspecified atom stereocenters. The minimum absolute atomic E-state index is 0. The van der Waals surface area contributed by atoms with Crippen molar-refractivity contribution in [3.8, 4) is 0 Å². The van der Waals surface area contributed by atoms with Crippen molar-refractivity contribution in [1.29, 1.82) is 0 Å². The number of guanidine groups is 1. The van der Waals surface area contributed by atoms with Crippen molar-refractivity contribution >= 4 is 29.9 Å². The molecule has 3 N–H and O–H groups in total. The van der Waals surface area contributed by atoms with Crippen LogP contribution in [0.15, 0.2) is 4.99 Å². The number of nitrogens with one attached hydrogen (secondary N) is 1. The Morgan fingerprint density at radius 3 is 2.50 bits per heavy atom. The zero-order valence-electron chi connectivity index (χ0n) is 16.1. The van der Waals surface area contributed by atoms with Gasteiger partial charge in [-0.15, -0.1) is 24.0 Å². The average Bonchev–Trinajstić information content (AvgIpc) is 2.51. The number of methoxy groups -OCH3 is 1. The van der Waals surface area contributed by atoms with Crippen LogP contribution in [0, 0.1) is 11.8 Å². The lowest BCUT2D eigenvalue weighted by Crippen LogP contribution is -2.40. The van der Waals surface area contributed by atoms with E-state index in [4.69, 9.17) is 10.5 Å². The monoisotopic (exact) mass is 454 g/mol. The van der Waals surface area contributed by atoms with Crippen LogP contribution >= 0.6 is 24.0 Å². The van der Waals surface area contributed by atoms with Crippen LogP contribution in [0.5, 0.6) is 0 Å². The van der Waals surface area contributed by atoms with Gasteiger partial charge >= 0.3 is 0 Å². The van der Waals surface area contributed by atoms with Gasteiger partial charge in [-0.05, 0) is 51.1 Å². The first-order valence-corrected chi connectivity index (χ1v) is 9.29. The lowest BCUT2D eigenvalue weighted by Gasteiger charge is -2.31. The predicted octanol–water partition coefficient (Wildman–Crippen LogP) is 3.08. The van der Waals surface area contributed by atoms with Gasteiger partial charge in [-0.25, -0.2) is 0 Å². The van der Waals surface area contributed by atoms with Crippen molar-refractivity contribution < 1.29 is 4.74 Å². The molecule has 0 saturated carbocycles. The molecule has 1 aliphatic rings. The van der Waals surface area contributed by atoms with Gasteiger partial charge < -0.3 is 20.7 Å². The van der Waals surface area contributed by atoms with E-state index in [-0.39, 0.29) is 24.0 Å². The Labute approximate surface area is 166 Å². The van der Waals surface area contributed by atoms with E-state index in [2.05, 4.69) is 36.0 Å². The molecule has 1 atom stereocenters. The molecule has 1 heterocycles. The Morgan fingerprint density at radius 1 is 1.25 bits per heavy atom. The van der Waals surface area contributed by atoms with E-state index >= 15 is 0 Å². The van der Waals surface area contributed by atoms with Crippen LogP contribution < -0.4 is 11.1 Å². The molecule has 1 saturated heterocycles. The van der Waals surface area contributed by atoms with Gasteiger partial charge in [-0.2, -0.15) is 0 Å². The van der Waals surface area contributed by atoms with Gasteiger partial charge in [0.2, 0.25) is 0 Å². The van der Waals surface area contributed by atoms with Gasteiger partial charge in [0.25, 0.3) is 0 Å². The zero-order chi connectivity index (χ0) is 17.1. The number of aliphatic imine (C=N–C) groups is 1. The normalized spacial score (nSPS) is 18.5. The molecule has 0 radical (unpaired) electrons. The first-order valence-electron chi connectivity index (χ1n) is 9.29. The van der Waals surface area contributed by atoms with Gasteiger partial charge in [0.1, 0.15) is 0 Å². The summed E-state index contributed by atoms with van der Waals surface area (Å²) in [6.07, 6.45) is 6.12. The third-order valence-corrected chi connectivity index (χ3v) is 4.65. The topological polar surface area (TPSA) is 62.9 Å². The molecule has 6 heteroatoms. The highest BCUT2D eigenvalue weighted by Gasteiger charge is 2.18. The Kier molecular flexibility index (Phi) is 14.1. The summed E-state index contributed by atoms with van der Waals surface area (Å²) >= 11 is 0. The van der Waals surface area contributed by atoms with Crippen molar-refractivity contribution in [3.63, 3.8) is 0 Å². The summed E-state index contributed by atoms with van der Waals surface area (Å²) in [6, 6.07) is 0.411. The van der Waals surface area contributed by atoms with E-state index in [0.29, 0.717) is 17.9 Å². The van der Waals surface area contributed by atoms with Crippen molar-refractivity contribution in [3.05, 3.63) is 0 Å². The molecular formula is C18H39IN4O. The largest absolute Gasteiger partial charge is 0.383 e. The van der Waals surface area contributed by atoms with E-state index in [1.807, 2.05) is 0 Å². The fourth-order valence-corrected chi connectivity index (χ4v) is 3.04. The van der Waals surface area contributed by atoms with Gasteiger partial charge in [-0.3, -0.25) is 4.99 Å². The Morgan fingerprint density at radius 2 is 1.92 bits per heavy atom. The predicted molar refractivity (Wildman–Crippen MR) is 114 cm³/mol. The molecule has 0 aromatic rings. The minimum Gasteiger partial charge on any atom is -0.383 e. The highest BCUT2D eigenvalue weighted by Crippen LogP contribution is 2.17. The van der Waals surface area contributed by atoms with E-state index in [0.717, 1.165) is 45.1 Å². The van der Waals surface area contributed by atoms with Crippen LogP contribution in [0.2, 0.25) is 0 Å². The summed E-state index contributed by atoms with van der Waals surface area (Å²) in [5.74, 6) is 2.07. The quantitative estimate of drug-likeness (QED) is 0.303. The Balaban J connectivity index is 0.00000529. The molecule has 1 rings (SSSR count). The van der Waals surface area contributed by atoms with E-state index in [9.17, 15) is 0 Å². The number of nitrogens with zero attached hydrogens (tertiary/aromatic N) is 2. The van der Waals surface area contributed by atoms with E-state index < -0.39 is 0 Å². The number of piperidine rings is 1. The Bertz CT molecular complexity index is 331. The van der Waals surface area contributed by atoms with Gasteiger partial charge in [-0.1, -0.05) is 26.7 Å². The molecule has 0 bridgehead atoms. The summed E-state index contributed by atoms with van der Waals surface area (Å²) in [4.78, 5) is 7.03. The number of halogens is 1. The molecule has 1 fully saturated rings. The number of hydrogen-bond donors (Lipinski definition) is 2. The average molecular weight is 454 g/mol. The first kappa shape index (κ1) is 23.9. The second-order valence-electron chi connectivity index (χ2n) is 7.37. The van der Waals surface area contributed by atoms with E-state index in [1.54, 1.807) is 7.11 Å². The lowest BCUT2D eigenvalue weighted by molar-refractivity contribution is 0.121. The molecule has 0 amide bonds. The Hall–Kier alpha value is -0.0800. The number of likely N-dealkylation sites (tertiary alicyclic amines) is 1. The maximum atomic E-state index is 6.03. The standard InChI is InChI=1S/C18H38N4O.HI/c1-15(2)6-5-7-16(3)21-18(19)20-14-17-8-10-22(11-9-17)12-13-23-4;/h15-17H,5-14H2,1-4H3,(H3,19,20,21);1H. The summed E-state index contributed by atoms with van der Waals surface area (Å²) in [5, 5.41) is 3.33. The molecule has 1 aliphatic heterocycles. The fraction of sp³-hybridized carbons (Fsp3) is 0.944. The lowest BCUT2D eigenvalue weighted by atomic mass is 9.97. The third kappa shape index (κ3) is 11.5. The second-order valence-corrected chi connectivity index (χ2v) is 7.37. The van der Waals surface area contributed by atoms with Crippen LogP contribution in [-0.2, 0) is 4.74 Å². The smallest absolute Gasteiger partial charge is 0.188 e. The van der Waals surface area contributed by atoms with Crippen LogP contribution in [0.25, 0.3) is 0 Å². The number of ether oxygens (including phenoxy) is 1. The molecule has 0 aliphatic carbocycles. The first-order chi connectivity index (χ1) is 11.0. The van der Waals surface area contributed by atoms with Crippen molar-refractivity contribution in [1.82, 2.24) is 10.2 Å². The minimum atomic E-state index is 0. The molecule has 0 spiro atoms.